The van der Waals surface area contributed by atoms with Crippen LogP contribution in [0.4, 0.5) is 0 Å². The van der Waals surface area contributed by atoms with Gasteiger partial charge in [-0.25, -0.2) is 4.79 Å². The lowest BCUT2D eigenvalue weighted by Crippen LogP contribution is -2.22. The van der Waals surface area contributed by atoms with Crippen LogP contribution in [0.5, 0.6) is 0 Å². The molecule has 17 heavy (non-hydrogen) atoms. The molecular formula is C12H13N3O2. The first kappa shape index (κ1) is 11.3. The van der Waals surface area contributed by atoms with Gasteiger partial charge in [0.1, 0.15) is 5.82 Å². The molecule has 1 N–H and O–H groups in total. The van der Waals surface area contributed by atoms with Crippen LogP contribution in [0.15, 0.2) is 40.1 Å². The predicted molar refractivity (Wildman–Crippen MR) is 64.5 cm³/mol. The van der Waals surface area contributed by atoms with Gasteiger partial charge in [-0.3, -0.25) is 9.36 Å². The molecule has 2 heterocycles. The Morgan fingerprint density at radius 3 is 2.71 bits per heavy atom. The zero-order chi connectivity index (χ0) is 12.4. The number of aromatic nitrogens is 3. The van der Waals surface area contributed by atoms with Crippen LogP contribution < -0.4 is 11.2 Å². The maximum atomic E-state index is 11.6. The lowest BCUT2D eigenvalue weighted by Gasteiger charge is -2.08. The number of nitrogens with zero attached hydrogens (tertiary/aromatic N) is 2. The number of aromatic amines is 1. The Balaban J connectivity index is 2.65. The minimum absolute atomic E-state index is 0.170. The summed E-state index contributed by atoms with van der Waals surface area (Å²) in [6.07, 6.45) is 1.59. The maximum absolute atomic E-state index is 11.6. The fraction of sp³-hybridized carbons (Fsp3) is 0.250. The average Bonchev–Trinajstić information content (AvgIpc) is 2.28. The third kappa shape index (κ3) is 2.33. The van der Waals surface area contributed by atoms with Gasteiger partial charge in [-0.05, 0) is 12.0 Å². The van der Waals surface area contributed by atoms with Gasteiger partial charge in [0.25, 0.3) is 5.56 Å². The van der Waals surface area contributed by atoms with Crippen molar-refractivity contribution in [3.05, 3.63) is 57.0 Å². The van der Waals surface area contributed by atoms with Crippen LogP contribution in [-0.2, 0) is 0 Å². The van der Waals surface area contributed by atoms with Crippen molar-refractivity contribution >= 4 is 0 Å². The monoisotopic (exact) mass is 231 g/mol. The summed E-state index contributed by atoms with van der Waals surface area (Å²) in [6, 6.07) is 6.51. The Morgan fingerprint density at radius 1 is 1.29 bits per heavy atom. The highest BCUT2D eigenvalue weighted by molar-refractivity contribution is 5.25. The first-order valence-corrected chi connectivity index (χ1v) is 5.37. The van der Waals surface area contributed by atoms with E-state index in [0.717, 1.165) is 5.69 Å². The van der Waals surface area contributed by atoms with Crippen LogP contribution in [0.2, 0.25) is 0 Å². The second kappa shape index (κ2) is 4.37. The molecule has 0 atom stereocenters. The van der Waals surface area contributed by atoms with Crippen molar-refractivity contribution in [3.8, 4) is 5.82 Å². The SMILES string of the molecule is CC(C)c1cc(-n2ccccc2=O)nc(=O)[nH]1. The molecule has 5 nitrogen and oxygen atoms in total. The summed E-state index contributed by atoms with van der Waals surface area (Å²) in [7, 11) is 0. The van der Waals surface area contributed by atoms with Gasteiger partial charge in [0.15, 0.2) is 0 Å². The van der Waals surface area contributed by atoms with Crippen LogP contribution in [0, 0.1) is 0 Å². The van der Waals surface area contributed by atoms with Crippen LogP contribution in [-0.4, -0.2) is 14.5 Å². The van der Waals surface area contributed by atoms with Gasteiger partial charge in [0.05, 0.1) is 0 Å². The number of hydrogen-bond acceptors (Lipinski definition) is 3. The van der Waals surface area contributed by atoms with Gasteiger partial charge in [-0.2, -0.15) is 4.98 Å². The normalized spacial score (nSPS) is 10.8. The highest BCUT2D eigenvalue weighted by Crippen LogP contribution is 2.10. The number of nitrogens with one attached hydrogen (secondary N) is 1. The Bertz CT molecular complexity index is 640. The number of H-pyrrole nitrogens is 1. The molecule has 0 saturated heterocycles. The van der Waals surface area contributed by atoms with E-state index in [1.807, 2.05) is 13.8 Å². The molecule has 0 aliphatic rings. The van der Waals surface area contributed by atoms with Gasteiger partial charge in [0.2, 0.25) is 0 Å². The van der Waals surface area contributed by atoms with E-state index >= 15 is 0 Å². The smallest absolute Gasteiger partial charge is 0.309 e. The zero-order valence-corrected chi connectivity index (χ0v) is 9.68. The van der Waals surface area contributed by atoms with E-state index in [0.29, 0.717) is 5.82 Å². The van der Waals surface area contributed by atoms with Gasteiger partial charge in [0, 0.05) is 24.0 Å². The standard InChI is InChI=1S/C12H13N3O2/c1-8(2)9-7-10(14-12(17)13-9)15-6-4-3-5-11(15)16/h3-8H,1-2H3,(H,13,14,17). The fourth-order valence-electron chi connectivity index (χ4n) is 1.51. The Hall–Kier alpha value is -2.17. The summed E-state index contributed by atoms with van der Waals surface area (Å²) in [4.78, 5) is 29.5. The molecule has 0 unspecified atom stereocenters. The van der Waals surface area contributed by atoms with Crippen molar-refractivity contribution in [1.82, 2.24) is 14.5 Å². The quantitative estimate of drug-likeness (QED) is 0.839. The summed E-state index contributed by atoms with van der Waals surface area (Å²) in [5, 5.41) is 0. The summed E-state index contributed by atoms with van der Waals surface area (Å²) in [5.74, 6) is 0.520. The van der Waals surface area contributed by atoms with Crippen molar-refractivity contribution < 1.29 is 0 Å². The molecule has 0 aromatic carbocycles. The number of hydrogen-bond donors (Lipinski definition) is 1. The van der Waals surface area contributed by atoms with E-state index in [-0.39, 0.29) is 11.5 Å². The minimum Gasteiger partial charge on any atom is -0.309 e. The largest absolute Gasteiger partial charge is 0.347 e. The minimum atomic E-state index is -0.443. The molecule has 0 aliphatic heterocycles. The van der Waals surface area contributed by atoms with E-state index in [1.54, 1.807) is 24.4 Å². The first-order chi connectivity index (χ1) is 8.08. The molecule has 0 bridgehead atoms. The maximum Gasteiger partial charge on any atom is 0.347 e. The molecule has 2 aromatic heterocycles. The average molecular weight is 231 g/mol. The van der Waals surface area contributed by atoms with Gasteiger partial charge in [-0.1, -0.05) is 19.9 Å². The molecule has 0 saturated carbocycles. The highest BCUT2D eigenvalue weighted by Gasteiger charge is 2.06. The number of rotatable bonds is 2. The predicted octanol–water partition coefficient (Wildman–Crippen LogP) is 1.04. The molecule has 0 fully saturated rings. The van der Waals surface area contributed by atoms with Crippen LogP contribution >= 0.6 is 0 Å². The Morgan fingerprint density at radius 2 is 2.06 bits per heavy atom. The van der Waals surface area contributed by atoms with Crippen LogP contribution in [0.25, 0.3) is 5.82 Å². The lowest BCUT2D eigenvalue weighted by atomic mass is 10.1. The van der Waals surface area contributed by atoms with Gasteiger partial charge in [-0.15, -0.1) is 0 Å². The first-order valence-electron chi connectivity index (χ1n) is 5.37. The second-order valence-corrected chi connectivity index (χ2v) is 4.06. The van der Waals surface area contributed by atoms with Crippen molar-refractivity contribution in [1.29, 1.82) is 0 Å². The fourth-order valence-corrected chi connectivity index (χ4v) is 1.51. The van der Waals surface area contributed by atoms with E-state index in [1.165, 1.54) is 10.6 Å². The van der Waals surface area contributed by atoms with E-state index in [9.17, 15) is 9.59 Å². The molecule has 5 heteroatoms. The topological polar surface area (TPSA) is 67.8 Å². The third-order valence-corrected chi connectivity index (χ3v) is 2.44. The van der Waals surface area contributed by atoms with Gasteiger partial charge >= 0.3 is 5.69 Å². The molecular weight excluding hydrogens is 218 g/mol. The third-order valence-electron chi connectivity index (χ3n) is 2.44. The molecule has 2 rings (SSSR count). The van der Waals surface area contributed by atoms with Gasteiger partial charge < -0.3 is 4.98 Å². The van der Waals surface area contributed by atoms with Crippen LogP contribution in [0.1, 0.15) is 25.5 Å². The number of pyridine rings is 1. The molecule has 0 radical (unpaired) electrons. The molecule has 0 spiro atoms. The van der Waals surface area contributed by atoms with Crippen LogP contribution in [0.3, 0.4) is 0 Å². The summed E-state index contributed by atoms with van der Waals surface area (Å²) in [6.45, 7) is 3.92. The molecule has 0 aliphatic carbocycles. The van der Waals surface area contributed by atoms with Crippen molar-refractivity contribution in [2.24, 2.45) is 0 Å². The summed E-state index contributed by atoms with van der Waals surface area (Å²) >= 11 is 0. The zero-order valence-electron chi connectivity index (χ0n) is 9.68. The summed E-state index contributed by atoms with van der Waals surface area (Å²) < 4.78 is 1.35. The molecule has 88 valence electrons. The second-order valence-electron chi connectivity index (χ2n) is 4.06. The van der Waals surface area contributed by atoms with E-state index in [2.05, 4.69) is 9.97 Å². The van der Waals surface area contributed by atoms with Crippen molar-refractivity contribution in [3.63, 3.8) is 0 Å². The highest BCUT2D eigenvalue weighted by atomic mass is 16.1. The Kier molecular flexibility index (Phi) is 2.91. The van der Waals surface area contributed by atoms with E-state index in [4.69, 9.17) is 0 Å². The molecule has 2 aromatic rings. The van der Waals surface area contributed by atoms with Crippen molar-refractivity contribution in [2.75, 3.05) is 0 Å². The molecule has 0 amide bonds. The Labute approximate surface area is 97.8 Å². The lowest BCUT2D eigenvalue weighted by molar-refractivity contribution is 0.786. The van der Waals surface area contributed by atoms with E-state index < -0.39 is 5.69 Å². The van der Waals surface area contributed by atoms with Crippen molar-refractivity contribution in [2.45, 2.75) is 19.8 Å². The summed E-state index contributed by atoms with van der Waals surface area (Å²) in [5.41, 5.74) is 0.109.